The number of fused-ring (bicyclic) bond motifs is 1. The minimum Gasteiger partial charge on any atom is -0.439 e. The van der Waals surface area contributed by atoms with Gasteiger partial charge in [-0.15, -0.1) is 0 Å². The molecule has 5 heteroatoms. The fraction of sp³-hybridized carbons (Fsp3) is 0.208. The van der Waals surface area contributed by atoms with Gasteiger partial charge in [-0.3, -0.25) is 4.90 Å². The maximum Gasteiger partial charge on any atom is 0.415 e. The van der Waals surface area contributed by atoms with Crippen molar-refractivity contribution in [2.75, 3.05) is 22.9 Å². The van der Waals surface area contributed by atoms with Crippen LogP contribution >= 0.6 is 0 Å². The summed E-state index contributed by atoms with van der Waals surface area (Å²) in [6, 6.07) is 22.9. The van der Waals surface area contributed by atoms with Gasteiger partial charge in [0.15, 0.2) is 0 Å². The van der Waals surface area contributed by atoms with Crippen LogP contribution in [0.25, 0.3) is 0 Å². The standard InChI is InChI=1S/C24H21FN2O2/c25-21-14-20(27-16-23(29-24(27)28)18-7-2-1-3-8-18)10-11-22(21)26-13-12-17-6-4-5-9-19(17)15-26/h1-11,14,23H,12-13,15-16H2/t23-/m0/s1. The third-order valence-electron chi connectivity index (χ3n) is 5.70. The zero-order valence-corrected chi connectivity index (χ0v) is 15.9. The van der Waals surface area contributed by atoms with E-state index in [1.807, 2.05) is 42.5 Å². The Bertz CT molecular complexity index is 1050. The molecule has 0 N–H and O–H groups in total. The average Bonchev–Trinajstić information content (AvgIpc) is 3.15. The molecule has 2 heterocycles. The predicted molar refractivity (Wildman–Crippen MR) is 111 cm³/mol. The van der Waals surface area contributed by atoms with E-state index < -0.39 is 6.09 Å². The van der Waals surface area contributed by atoms with E-state index in [1.54, 1.807) is 12.1 Å². The second kappa shape index (κ2) is 7.24. The Balaban J connectivity index is 1.36. The molecule has 0 spiro atoms. The number of carbonyl (C=O) groups excluding carboxylic acids is 1. The van der Waals surface area contributed by atoms with E-state index in [-0.39, 0.29) is 11.9 Å². The van der Waals surface area contributed by atoms with Gasteiger partial charge in [0, 0.05) is 13.1 Å². The highest BCUT2D eigenvalue weighted by atomic mass is 19.1. The molecule has 1 saturated heterocycles. The molecular formula is C24H21FN2O2. The molecule has 3 aromatic rings. The summed E-state index contributed by atoms with van der Waals surface area (Å²) in [5, 5.41) is 0. The molecule has 2 aliphatic rings. The summed E-state index contributed by atoms with van der Waals surface area (Å²) < 4.78 is 20.5. The number of hydrogen-bond donors (Lipinski definition) is 0. The molecule has 2 aliphatic heterocycles. The first-order valence-electron chi connectivity index (χ1n) is 9.83. The Kier molecular flexibility index (Phi) is 4.43. The lowest BCUT2D eigenvalue weighted by atomic mass is 9.99. The summed E-state index contributed by atoms with van der Waals surface area (Å²) in [6.45, 7) is 1.84. The quantitative estimate of drug-likeness (QED) is 0.627. The number of hydrogen-bond acceptors (Lipinski definition) is 3. The van der Waals surface area contributed by atoms with Crippen molar-refractivity contribution in [1.29, 1.82) is 0 Å². The second-order valence-electron chi connectivity index (χ2n) is 7.47. The number of carbonyl (C=O) groups is 1. The Labute approximate surface area is 169 Å². The average molecular weight is 388 g/mol. The van der Waals surface area contributed by atoms with Crippen LogP contribution < -0.4 is 9.80 Å². The fourth-order valence-corrected chi connectivity index (χ4v) is 4.14. The molecule has 1 atom stereocenters. The zero-order chi connectivity index (χ0) is 19.8. The van der Waals surface area contributed by atoms with E-state index in [4.69, 9.17) is 4.74 Å². The molecule has 1 amide bonds. The van der Waals surface area contributed by atoms with Crippen molar-refractivity contribution in [3.05, 3.63) is 95.3 Å². The lowest BCUT2D eigenvalue weighted by Crippen LogP contribution is -2.31. The number of ether oxygens (including phenoxy) is 1. The highest BCUT2D eigenvalue weighted by molar-refractivity contribution is 5.90. The summed E-state index contributed by atoms with van der Waals surface area (Å²) in [7, 11) is 0. The van der Waals surface area contributed by atoms with E-state index in [9.17, 15) is 9.18 Å². The van der Waals surface area contributed by atoms with Gasteiger partial charge in [-0.25, -0.2) is 9.18 Å². The number of rotatable bonds is 3. The minimum absolute atomic E-state index is 0.321. The molecule has 0 aromatic heterocycles. The summed E-state index contributed by atoms with van der Waals surface area (Å²) in [6.07, 6.45) is 0.108. The smallest absolute Gasteiger partial charge is 0.415 e. The van der Waals surface area contributed by atoms with E-state index in [0.29, 0.717) is 24.5 Å². The van der Waals surface area contributed by atoms with Gasteiger partial charge >= 0.3 is 6.09 Å². The topological polar surface area (TPSA) is 32.8 Å². The van der Waals surface area contributed by atoms with Crippen LogP contribution in [0.15, 0.2) is 72.8 Å². The Morgan fingerprint density at radius 2 is 1.69 bits per heavy atom. The van der Waals surface area contributed by atoms with Crippen molar-refractivity contribution in [2.45, 2.75) is 19.1 Å². The SMILES string of the molecule is O=C1O[C@H](c2ccccc2)CN1c1ccc(N2CCc3ccccc3C2)c(F)c1. The van der Waals surface area contributed by atoms with E-state index >= 15 is 0 Å². The number of halogens is 1. The molecule has 0 saturated carbocycles. The first-order chi connectivity index (χ1) is 14.2. The number of amides is 1. The molecule has 146 valence electrons. The second-order valence-corrected chi connectivity index (χ2v) is 7.47. The summed E-state index contributed by atoms with van der Waals surface area (Å²) in [4.78, 5) is 15.9. The van der Waals surface area contributed by atoms with Gasteiger partial charge in [-0.1, -0.05) is 54.6 Å². The number of nitrogens with zero attached hydrogens (tertiary/aromatic N) is 2. The molecule has 0 radical (unpaired) electrons. The largest absolute Gasteiger partial charge is 0.439 e. The highest BCUT2D eigenvalue weighted by Crippen LogP contribution is 2.33. The van der Waals surface area contributed by atoms with Crippen LogP contribution in [0.1, 0.15) is 22.8 Å². The van der Waals surface area contributed by atoms with Gasteiger partial charge in [-0.05, 0) is 41.3 Å². The van der Waals surface area contributed by atoms with E-state index in [0.717, 1.165) is 18.5 Å². The molecular weight excluding hydrogens is 367 g/mol. The number of benzene rings is 3. The molecule has 0 aliphatic carbocycles. The first kappa shape index (κ1) is 17.7. The van der Waals surface area contributed by atoms with Gasteiger partial charge in [0.05, 0.1) is 17.9 Å². The van der Waals surface area contributed by atoms with Crippen LogP contribution in [0.4, 0.5) is 20.6 Å². The van der Waals surface area contributed by atoms with Gasteiger partial charge in [-0.2, -0.15) is 0 Å². The Morgan fingerprint density at radius 3 is 2.48 bits per heavy atom. The van der Waals surface area contributed by atoms with Gasteiger partial charge in [0.1, 0.15) is 11.9 Å². The Hall–Kier alpha value is -3.34. The van der Waals surface area contributed by atoms with E-state index in [1.165, 1.54) is 22.1 Å². The van der Waals surface area contributed by atoms with Crippen molar-refractivity contribution < 1.29 is 13.9 Å². The summed E-state index contributed by atoms with van der Waals surface area (Å²) in [5.74, 6) is -0.321. The van der Waals surface area contributed by atoms with Crippen LogP contribution in [0.3, 0.4) is 0 Å². The Morgan fingerprint density at radius 1 is 0.931 bits per heavy atom. The minimum atomic E-state index is -0.446. The predicted octanol–water partition coefficient (Wildman–Crippen LogP) is 5.09. The highest BCUT2D eigenvalue weighted by Gasteiger charge is 2.33. The van der Waals surface area contributed by atoms with Crippen molar-refractivity contribution in [1.82, 2.24) is 0 Å². The summed E-state index contributed by atoms with van der Waals surface area (Å²) in [5.41, 5.74) is 4.58. The molecule has 0 bridgehead atoms. The number of anilines is 2. The number of cyclic esters (lactones) is 1. The molecule has 4 nitrogen and oxygen atoms in total. The van der Waals surface area contributed by atoms with Crippen LogP contribution in [0.5, 0.6) is 0 Å². The molecule has 3 aromatic carbocycles. The lowest BCUT2D eigenvalue weighted by molar-refractivity contribution is 0.142. The van der Waals surface area contributed by atoms with Crippen LogP contribution in [-0.4, -0.2) is 19.2 Å². The van der Waals surface area contributed by atoms with Crippen molar-refractivity contribution in [3.63, 3.8) is 0 Å². The van der Waals surface area contributed by atoms with Gasteiger partial charge in [0.25, 0.3) is 0 Å². The fourth-order valence-electron chi connectivity index (χ4n) is 4.14. The molecule has 29 heavy (non-hydrogen) atoms. The van der Waals surface area contributed by atoms with Crippen molar-refractivity contribution >= 4 is 17.5 Å². The van der Waals surface area contributed by atoms with Crippen molar-refractivity contribution in [2.24, 2.45) is 0 Å². The van der Waals surface area contributed by atoms with Gasteiger partial charge in [0.2, 0.25) is 0 Å². The van der Waals surface area contributed by atoms with Crippen LogP contribution in [-0.2, 0) is 17.7 Å². The van der Waals surface area contributed by atoms with Gasteiger partial charge < -0.3 is 9.64 Å². The van der Waals surface area contributed by atoms with E-state index in [2.05, 4.69) is 17.0 Å². The molecule has 0 unspecified atom stereocenters. The lowest BCUT2D eigenvalue weighted by Gasteiger charge is -2.31. The zero-order valence-electron chi connectivity index (χ0n) is 15.9. The van der Waals surface area contributed by atoms with Crippen LogP contribution in [0.2, 0.25) is 0 Å². The summed E-state index contributed by atoms with van der Waals surface area (Å²) >= 11 is 0. The molecule has 5 rings (SSSR count). The van der Waals surface area contributed by atoms with Crippen molar-refractivity contribution in [3.8, 4) is 0 Å². The maximum absolute atomic E-state index is 15.0. The normalized spacial score (nSPS) is 18.5. The third-order valence-corrected chi connectivity index (χ3v) is 5.70. The monoisotopic (exact) mass is 388 g/mol. The first-order valence-corrected chi connectivity index (χ1v) is 9.83. The molecule has 1 fully saturated rings. The maximum atomic E-state index is 15.0. The van der Waals surface area contributed by atoms with Crippen LogP contribution in [0, 0.1) is 5.82 Å². The third kappa shape index (κ3) is 3.33.